The summed E-state index contributed by atoms with van der Waals surface area (Å²) in [6.45, 7) is 0. The predicted molar refractivity (Wildman–Crippen MR) is 15.0 cm³/mol. The molecule has 3 N–H and O–H groups in total. The van der Waals surface area contributed by atoms with Crippen molar-refractivity contribution in [2.24, 2.45) is 0 Å². The molecule has 0 rings (SSSR count). The average Bonchev–Trinajstić information content (AvgIpc) is 1.36. The van der Waals surface area contributed by atoms with Gasteiger partial charge in [-0.15, -0.1) is 0 Å². The van der Waals surface area contributed by atoms with E-state index in [1.54, 1.807) is 0 Å². The number of carboxylic acid groups (broad SMARTS) is 2. The molecule has 6 heteroatoms. The molecule has 0 unspecified atom stereocenters. The summed E-state index contributed by atoms with van der Waals surface area (Å²) < 4.78 is 0. The van der Waals surface area contributed by atoms with E-state index >= 15 is 0 Å². The minimum atomic E-state index is -2.19. The van der Waals surface area contributed by atoms with Crippen LogP contribution in [0.1, 0.15) is 0 Å². The average molecular weight is 198 g/mol. The molecule has 8 heavy (non-hydrogen) atoms. The Kier molecular flexibility index (Phi) is 13.0. The van der Waals surface area contributed by atoms with Gasteiger partial charge in [0.1, 0.15) is 0 Å². The van der Waals surface area contributed by atoms with E-state index in [9.17, 15) is 0 Å². The maximum Gasteiger partial charge on any atom is 2.00 e. The Labute approximate surface area is 60.8 Å². The molecule has 0 aliphatic rings. The van der Waals surface area contributed by atoms with Crippen LogP contribution >= 0.6 is 0 Å². The summed E-state index contributed by atoms with van der Waals surface area (Å²) in [5.41, 5.74) is 0. The van der Waals surface area contributed by atoms with Gasteiger partial charge >= 0.3 is 22.4 Å². The molecule has 0 amide bonds. The van der Waals surface area contributed by atoms with Crippen LogP contribution < -0.4 is 16.4 Å². The van der Waals surface area contributed by atoms with Crippen LogP contribution in [0, 0.1) is 0 Å². The van der Waals surface area contributed by atoms with Crippen LogP contribution in [-0.4, -0.2) is 11.9 Å². The third kappa shape index (κ3) is 9.16. The molecule has 0 aromatic rings. The molecule has 0 spiro atoms. The van der Waals surface area contributed by atoms with Crippen molar-refractivity contribution in [1.82, 2.24) is 6.15 Å². The van der Waals surface area contributed by atoms with Crippen LogP contribution in [0.4, 0.5) is 0 Å². The summed E-state index contributed by atoms with van der Waals surface area (Å²) in [5, 5.41) is 17.9. The van der Waals surface area contributed by atoms with Gasteiger partial charge in [0.15, 0.2) is 0 Å². The Morgan fingerprint density at radius 3 is 1.12 bits per heavy atom. The van der Waals surface area contributed by atoms with E-state index in [0.29, 0.717) is 0 Å². The summed E-state index contributed by atoms with van der Waals surface area (Å²) in [6.07, 6.45) is 0. The van der Waals surface area contributed by atoms with E-state index in [0.717, 1.165) is 0 Å². The molecule has 0 atom stereocenters. The Morgan fingerprint density at radius 1 is 1.00 bits per heavy atom. The topological polar surface area (TPSA) is 115 Å². The van der Waals surface area contributed by atoms with Gasteiger partial charge in [-0.3, -0.25) is 0 Å². The van der Waals surface area contributed by atoms with Gasteiger partial charge in [-0.1, -0.05) is 0 Å². The van der Waals surface area contributed by atoms with Crippen molar-refractivity contribution in [3.63, 3.8) is 0 Å². The van der Waals surface area contributed by atoms with Crippen LogP contribution in [0.25, 0.3) is 0 Å². The fourth-order valence-electron chi connectivity index (χ4n) is 0. The summed E-state index contributed by atoms with van der Waals surface area (Å²) in [6, 6.07) is 0. The van der Waals surface area contributed by atoms with Gasteiger partial charge < -0.3 is 26.0 Å². The minimum absolute atomic E-state index is 0. The molecule has 1 radical (unpaired) electrons. The van der Waals surface area contributed by atoms with Crippen LogP contribution in [0.15, 0.2) is 0 Å². The number of rotatable bonds is 0. The Hall–Kier alpha value is -0.360. The van der Waals surface area contributed by atoms with Gasteiger partial charge in [-0.2, -0.15) is 0 Å². The van der Waals surface area contributed by atoms with Crippen molar-refractivity contribution in [1.29, 1.82) is 0 Å². The van der Waals surface area contributed by atoms with Crippen molar-refractivity contribution in [3.05, 3.63) is 0 Å². The zero-order valence-corrected chi connectivity index (χ0v) is 5.99. The molecule has 0 saturated heterocycles. The van der Waals surface area contributed by atoms with E-state index in [1.807, 2.05) is 0 Å². The SMILES string of the molecule is N.O=C([O-])C(=O)[O-].[Nb+2]. The van der Waals surface area contributed by atoms with Crippen LogP contribution in [0.3, 0.4) is 0 Å². The quantitative estimate of drug-likeness (QED) is 0.322. The maximum atomic E-state index is 8.93. The molecular formula is C2H3NNbO4. The molecule has 5 nitrogen and oxygen atoms in total. The number of hydrogen-bond acceptors (Lipinski definition) is 5. The van der Waals surface area contributed by atoms with E-state index in [2.05, 4.69) is 0 Å². The molecule has 0 fully saturated rings. The van der Waals surface area contributed by atoms with Crippen molar-refractivity contribution in [2.45, 2.75) is 0 Å². The Bertz CT molecular complexity index is 80.0. The second kappa shape index (κ2) is 6.64. The van der Waals surface area contributed by atoms with Crippen molar-refractivity contribution in [2.75, 3.05) is 0 Å². The maximum absolute atomic E-state index is 8.93. The Balaban J connectivity index is -0.000000125. The van der Waals surface area contributed by atoms with Crippen molar-refractivity contribution >= 4 is 11.9 Å². The second-order valence-electron chi connectivity index (χ2n) is 0.575. The van der Waals surface area contributed by atoms with Crippen LogP contribution in [0.5, 0.6) is 0 Å². The first-order valence-corrected chi connectivity index (χ1v) is 1.07. The van der Waals surface area contributed by atoms with E-state index in [4.69, 9.17) is 19.8 Å². The normalized spacial score (nSPS) is 5.50. The van der Waals surface area contributed by atoms with Crippen LogP contribution in [-0.2, 0) is 32.0 Å². The van der Waals surface area contributed by atoms with E-state index in [-0.39, 0.29) is 28.5 Å². The van der Waals surface area contributed by atoms with E-state index in [1.165, 1.54) is 0 Å². The largest absolute Gasteiger partial charge is 2.00 e. The second-order valence-corrected chi connectivity index (χ2v) is 0.575. The zero-order chi connectivity index (χ0) is 5.15. The van der Waals surface area contributed by atoms with Crippen molar-refractivity contribution < 1.29 is 42.2 Å². The van der Waals surface area contributed by atoms with Gasteiger partial charge in [0, 0.05) is 0 Å². The molecule has 0 saturated carbocycles. The van der Waals surface area contributed by atoms with Crippen LogP contribution in [0.2, 0.25) is 0 Å². The molecule has 0 aromatic carbocycles. The standard InChI is InChI=1S/C2H2O4.H3N.Nb/c3-1(4)2(5)6;;/h(H,3,4)(H,5,6);1H3;/q;;+2/p-2. The number of carbonyl (C=O) groups excluding carboxylic acids is 2. The van der Waals surface area contributed by atoms with Gasteiger partial charge in [-0.05, 0) is 0 Å². The number of aliphatic carboxylic acids is 2. The fourth-order valence-corrected chi connectivity index (χ4v) is 0. The monoisotopic (exact) mass is 198 g/mol. The first kappa shape index (κ1) is 15.6. The molecule has 0 heterocycles. The summed E-state index contributed by atoms with van der Waals surface area (Å²) >= 11 is 0. The third-order valence-electron chi connectivity index (χ3n) is 0.167. The summed E-state index contributed by atoms with van der Waals surface area (Å²) in [4.78, 5) is 17.9. The number of carbonyl (C=O) groups is 2. The summed E-state index contributed by atoms with van der Waals surface area (Å²) in [7, 11) is 0. The molecule has 45 valence electrons. The predicted octanol–water partition coefficient (Wildman–Crippen LogP) is -3.35. The fraction of sp³-hybridized carbons (Fsp3) is 0. The molecule has 0 bridgehead atoms. The number of carboxylic acids is 2. The van der Waals surface area contributed by atoms with Gasteiger partial charge in [0.2, 0.25) is 0 Å². The van der Waals surface area contributed by atoms with Gasteiger partial charge in [0.25, 0.3) is 0 Å². The van der Waals surface area contributed by atoms with Gasteiger partial charge in [0.05, 0.1) is 11.9 Å². The first-order valence-electron chi connectivity index (χ1n) is 1.07. The molecule has 0 aliphatic carbocycles. The van der Waals surface area contributed by atoms with Crippen molar-refractivity contribution in [3.8, 4) is 0 Å². The van der Waals surface area contributed by atoms with E-state index < -0.39 is 11.9 Å². The molecular weight excluding hydrogens is 195 g/mol. The minimum Gasteiger partial charge on any atom is -0.543 e. The first-order chi connectivity index (χ1) is 2.64. The zero-order valence-electron chi connectivity index (χ0n) is 3.79. The Morgan fingerprint density at radius 2 is 1.12 bits per heavy atom. The molecule has 0 aromatic heterocycles. The smallest absolute Gasteiger partial charge is 0.543 e. The molecule has 0 aliphatic heterocycles. The number of hydrogen-bond donors (Lipinski definition) is 1. The summed E-state index contributed by atoms with van der Waals surface area (Å²) in [5.74, 6) is -4.37. The van der Waals surface area contributed by atoms with Gasteiger partial charge in [-0.25, -0.2) is 0 Å². The third-order valence-corrected chi connectivity index (χ3v) is 0.167.